The first kappa shape index (κ1) is 65.7. The number of hydrogen-bond acceptors (Lipinski definition) is 15. The van der Waals surface area contributed by atoms with E-state index in [0.717, 1.165) is 37.4 Å². The Labute approximate surface area is 498 Å². The van der Waals surface area contributed by atoms with E-state index in [0.29, 0.717) is 29.7 Å². The first-order valence-electron chi connectivity index (χ1n) is 28.0. The monoisotopic (exact) mass is 1210 g/mol. The molecule has 0 unspecified atom stereocenters. The summed E-state index contributed by atoms with van der Waals surface area (Å²) in [5.74, 6) is -9.95. The highest BCUT2D eigenvalue weighted by Crippen LogP contribution is 2.26. The number of fused-ring (bicyclic) bond motifs is 1. The van der Waals surface area contributed by atoms with Gasteiger partial charge in [-0.15, -0.1) is 0 Å². The lowest BCUT2D eigenvalue weighted by Gasteiger charge is -2.29. The van der Waals surface area contributed by atoms with E-state index < -0.39 is 132 Å². The van der Waals surface area contributed by atoms with Gasteiger partial charge in [0.25, 0.3) is 5.91 Å². The molecule has 2 aromatic carbocycles. The van der Waals surface area contributed by atoms with E-state index in [1.54, 1.807) is 56.4 Å². The van der Waals surface area contributed by atoms with E-state index in [-0.39, 0.29) is 68.5 Å². The number of imide groups is 1. The van der Waals surface area contributed by atoms with Crippen molar-refractivity contribution >= 4 is 103 Å². The van der Waals surface area contributed by atoms with Gasteiger partial charge < -0.3 is 68.7 Å². The van der Waals surface area contributed by atoms with E-state index in [9.17, 15) is 57.8 Å². The molecule has 9 atom stereocenters. The number of carbonyl (C=O) groups excluding carboxylic acids is 10. The molecule has 0 radical (unpaired) electrons. The number of rotatable bonds is 21. The summed E-state index contributed by atoms with van der Waals surface area (Å²) in [6.45, 7) is 6.64. The number of Topliss-reactive ketones (excluding diaryl/α,β-unsaturated/α-hetero) is 1. The van der Waals surface area contributed by atoms with Crippen LogP contribution in [-0.4, -0.2) is 168 Å². The number of H-pyrrole nitrogens is 2. The Morgan fingerprint density at radius 2 is 1.34 bits per heavy atom. The van der Waals surface area contributed by atoms with Crippen LogP contribution in [0.5, 0.6) is 0 Å². The number of ketones is 1. The zero-order valence-corrected chi connectivity index (χ0v) is 49.3. The van der Waals surface area contributed by atoms with Crippen LogP contribution in [-0.2, 0) is 67.2 Å². The molecule has 85 heavy (non-hydrogen) atoms. The van der Waals surface area contributed by atoms with Crippen LogP contribution in [0.1, 0.15) is 89.5 Å². The van der Waals surface area contributed by atoms with Crippen molar-refractivity contribution in [2.45, 2.75) is 146 Å². The van der Waals surface area contributed by atoms with E-state index >= 15 is 0 Å². The van der Waals surface area contributed by atoms with Crippen LogP contribution in [0.2, 0.25) is 0 Å². The van der Waals surface area contributed by atoms with Gasteiger partial charge in [0.05, 0.1) is 12.4 Å². The number of nitrogens with zero attached hydrogens (tertiary/aromatic N) is 2. The van der Waals surface area contributed by atoms with Gasteiger partial charge in [-0.3, -0.25) is 53.4 Å². The average Bonchev–Trinajstić information content (AvgIpc) is 3.94. The van der Waals surface area contributed by atoms with Crippen LogP contribution < -0.4 is 53.6 Å². The molecule has 6 rings (SSSR count). The van der Waals surface area contributed by atoms with Gasteiger partial charge in [0.1, 0.15) is 48.3 Å². The standard InChI is InChI=1S/C56H75N15O12S2/c1-5-6-18-44(71-54(82)46(30(2)3)70-56(71)83)53(81)69-43-28-85-84-27-42(31(4)72)68-50(78)40(23-33-25-61-36-16-11-10-15-35(33)36)66-47(75)37(17-12-21-60-55(57)58)63-49(77)39(22-32-13-8-7-9-14-32)65-51(79)41(24-34-26-59-29-62-34)67-48(76)38(64-52(43)80)19-20-45(73)74/h7-11,13-16,25-26,29-30,37-44,46,61H,5-6,12,17-24,27-28H2,1-4H3,(H,59,62)(H,63,77)(H,64,80)(H,65,79)(H,66,75)(H,67,76)(H,68,78)(H,69,81)(H,70,83)(H,73,74)(H4,57,58,60)/t37-,38-,39+,40-,41-,42-,43-,44-,46-/m0/s1. The molecular formula is C56H75N15O12S2. The summed E-state index contributed by atoms with van der Waals surface area (Å²) in [5.41, 5.74) is 7.81. The summed E-state index contributed by atoms with van der Waals surface area (Å²) in [4.78, 5) is 166. The second-order valence-corrected chi connectivity index (χ2v) is 23.6. The summed E-state index contributed by atoms with van der Waals surface area (Å²) < 4.78 is 0. The molecule has 0 aliphatic carbocycles. The normalized spacial score (nSPS) is 22.9. The number of guanidine groups is 1. The van der Waals surface area contributed by atoms with Gasteiger partial charge in [0.2, 0.25) is 41.4 Å². The van der Waals surface area contributed by atoms with Crippen LogP contribution in [0.3, 0.4) is 0 Å². The third-order valence-electron chi connectivity index (χ3n) is 14.3. The number of benzene rings is 2. The maximum absolute atomic E-state index is 14.8. The highest BCUT2D eigenvalue weighted by molar-refractivity contribution is 8.76. The number of urea groups is 1. The van der Waals surface area contributed by atoms with Gasteiger partial charge >= 0.3 is 12.0 Å². The number of aromatic nitrogens is 3. The number of carboxylic acids is 1. The van der Waals surface area contributed by atoms with Gasteiger partial charge in [0.15, 0.2) is 11.7 Å². The molecule has 0 saturated carbocycles. The number of nitrogens with two attached hydrogens (primary N) is 1. The predicted octanol–water partition coefficient (Wildman–Crippen LogP) is 0.560. The molecule has 27 nitrogen and oxygen atoms in total. The fourth-order valence-corrected chi connectivity index (χ4v) is 12.0. The highest BCUT2D eigenvalue weighted by atomic mass is 33.1. The van der Waals surface area contributed by atoms with Crippen molar-refractivity contribution in [1.29, 1.82) is 5.41 Å². The highest BCUT2D eigenvalue weighted by Gasteiger charge is 2.46. The molecule has 4 heterocycles. The van der Waals surface area contributed by atoms with Gasteiger partial charge in [0, 0.05) is 72.7 Å². The van der Waals surface area contributed by atoms with Crippen molar-refractivity contribution in [2.24, 2.45) is 11.7 Å². The van der Waals surface area contributed by atoms with Crippen molar-refractivity contribution in [3.8, 4) is 0 Å². The minimum atomic E-state index is -1.69. The molecule has 15 N–H and O–H groups in total. The molecular weight excluding hydrogens is 1140 g/mol. The summed E-state index contributed by atoms with van der Waals surface area (Å²) in [7, 11) is 1.99. The molecule has 10 amide bonds. The molecule has 2 fully saturated rings. The SMILES string of the molecule is CCCC[C@@H](C(=O)N[C@H]1CSSC[C@@H](C(C)=O)NC(=O)[C@H](Cc2c[nH]c3ccccc23)NC(=O)[C@H](CCCNC(=N)N)NC(=O)[C@@H](Cc2ccccc2)NC(=O)[C@H](Cc2cnc[nH]2)NC(=O)[C@H](CCC(=O)O)NC1=O)N1C(=O)N[C@@H](C(C)C)C1=O. The molecule has 2 saturated heterocycles. The average molecular weight is 1210 g/mol. The molecule has 29 heteroatoms. The van der Waals surface area contributed by atoms with Gasteiger partial charge in [-0.1, -0.05) is 104 Å². The number of amides is 10. The van der Waals surface area contributed by atoms with Crippen molar-refractivity contribution < 1.29 is 57.8 Å². The summed E-state index contributed by atoms with van der Waals surface area (Å²) in [6, 6.07) is 2.41. The number of hydrogen-bond donors (Lipinski definition) is 14. The molecule has 2 aliphatic rings. The minimum absolute atomic E-state index is 0.0147. The Morgan fingerprint density at radius 1 is 0.741 bits per heavy atom. The second-order valence-electron chi connectivity index (χ2n) is 21.1. The lowest BCUT2D eigenvalue weighted by Crippen LogP contribution is -2.61. The molecule has 458 valence electrons. The Kier molecular flexibility index (Phi) is 24.7. The topological polar surface area (TPSA) is 414 Å². The number of carboxylic acid groups (broad SMARTS) is 1. The van der Waals surface area contributed by atoms with Gasteiger partial charge in [-0.05, 0) is 55.7 Å². The quantitative estimate of drug-likeness (QED) is 0.0178. The van der Waals surface area contributed by atoms with Crippen molar-refractivity contribution in [3.05, 3.63) is 90.1 Å². The number of aromatic amines is 2. The van der Waals surface area contributed by atoms with Gasteiger partial charge in [-0.25, -0.2) is 14.7 Å². The zero-order chi connectivity index (χ0) is 61.7. The molecule has 0 spiro atoms. The minimum Gasteiger partial charge on any atom is -0.481 e. The molecule has 4 aromatic rings. The third-order valence-corrected chi connectivity index (χ3v) is 16.7. The Morgan fingerprint density at radius 3 is 1.96 bits per heavy atom. The zero-order valence-electron chi connectivity index (χ0n) is 47.6. The number of imidazole rings is 1. The second kappa shape index (κ2) is 32.0. The van der Waals surface area contributed by atoms with Crippen molar-refractivity contribution in [1.82, 2.24) is 67.7 Å². The summed E-state index contributed by atoms with van der Waals surface area (Å²) in [5, 5.41) is 42.4. The number of nitrogens with one attached hydrogen (secondary N) is 12. The Hall–Kier alpha value is -8.47. The maximum atomic E-state index is 14.8. The number of carbonyl (C=O) groups is 11. The molecule has 2 aliphatic heterocycles. The molecule has 0 bridgehead atoms. The first-order chi connectivity index (χ1) is 40.6. The summed E-state index contributed by atoms with van der Waals surface area (Å²) >= 11 is 0. The van der Waals surface area contributed by atoms with E-state index in [1.807, 2.05) is 25.1 Å². The van der Waals surface area contributed by atoms with Gasteiger partial charge in [-0.2, -0.15) is 0 Å². The molecule has 2 aromatic heterocycles. The Bertz CT molecular complexity index is 3040. The van der Waals surface area contributed by atoms with E-state index in [1.165, 1.54) is 19.4 Å². The maximum Gasteiger partial charge on any atom is 0.325 e. The largest absolute Gasteiger partial charge is 0.481 e. The number of para-hydroxylation sites is 1. The Balaban J connectivity index is 1.42. The predicted molar refractivity (Wildman–Crippen MR) is 317 cm³/mol. The smallest absolute Gasteiger partial charge is 0.325 e. The first-order valence-corrected chi connectivity index (χ1v) is 30.5. The third kappa shape index (κ3) is 19.3. The lowest BCUT2D eigenvalue weighted by atomic mass is 10.0. The van der Waals surface area contributed by atoms with Crippen LogP contribution in [0, 0.1) is 11.3 Å². The van der Waals surface area contributed by atoms with Crippen LogP contribution >= 0.6 is 21.6 Å². The fourth-order valence-electron chi connectivity index (χ4n) is 9.56. The summed E-state index contributed by atoms with van der Waals surface area (Å²) in [6.07, 6.45) is 3.68. The van der Waals surface area contributed by atoms with E-state index in [2.05, 4.69) is 62.8 Å². The van der Waals surface area contributed by atoms with Crippen LogP contribution in [0.15, 0.2) is 73.3 Å². The fraction of sp³-hybridized carbons (Fsp3) is 0.482. The van der Waals surface area contributed by atoms with E-state index in [4.69, 9.17) is 11.1 Å². The number of aliphatic carboxylic acids is 1. The lowest BCUT2D eigenvalue weighted by molar-refractivity contribution is -0.139. The number of unbranched alkanes of at least 4 members (excludes halogenated alkanes) is 1. The van der Waals surface area contributed by atoms with Crippen LogP contribution in [0.25, 0.3) is 10.9 Å². The van der Waals surface area contributed by atoms with Crippen molar-refractivity contribution in [2.75, 3.05) is 18.1 Å². The van der Waals surface area contributed by atoms with Crippen LogP contribution in [0.4, 0.5) is 4.79 Å². The van der Waals surface area contributed by atoms with Crippen molar-refractivity contribution in [3.63, 3.8) is 0 Å².